The van der Waals surface area contributed by atoms with Crippen molar-refractivity contribution in [2.45, 2.75) is 44.8 Å². The Morgan fingerprint density at radius 1 is 1.07 bits per heavy atom. The number of carbonyl (C=O) groups is 1. The zero-order valence-corrected chi connectivity index (χ0v) is 16.2. The summed E-state index contributed by atoms with van der Waals surface area (Å²) in [6.45, 7) is 3.52. The molecule has 0 radical (unpaired) electrons. The van der Waals surface area contributed by atoms with Crippen LogP contribution in [0.1, 0.15) is 47.6 Å². The summed E-state index contributed by atoms with van der Waals surface area (Å²) in [5, 5.41) is 0. The standard InChI is InChI=1S/C23H25N3O2/c1-16-3-2-4-20(13-16)28-19-9-11-25(12-10-19)23(27)17-5-8-22-21(14-17)24-15-26(22)18-6-7-18/h2-5,8,13-15,18-19H,6-7,9-12H2,1H3. The summed E-state index contributed by atoms with van der Waals surface area (Å²) in [6.07, 6.45) is 6.25. The van der Waals surface area contributed by atoms with Gasteiger partial charge in [-0.1, -0.05) is 12.1 Å². The fraction of sp³-hybridized carbons (Fsp3) is 0.391. The van der Waals surface area contributed by atoms with E-state index in [1.54, 1.807) is 0 Å². The topological polar surface area (TPSA) is 47.4 Å². The maximum Gasteiger partial charge on any atom is 0.253 e. The average Bonchev–Trinajstić information content (AvgIpc) is 3.47. The first-order valence-electron chi connectivity index (χ1n) is 10.2. The lowest BCUT2D eigenvalue weighted by Gasteiger charge is -2.32. The Bertz CT molecular complexity index is 1010. The predicted octanol–water partition coefficient (Wildman–Crippen LogP) is 4.36. The molecule has 1 aliphatic heterocycles. The van der Waals surface area contributed by atoms with Crippen molar-refractivity contribution < 1.29 is 9.53 Å². The van der Waals surface area contributed by atoms with Crippen LogP contribution >= 0.6 is 0 Å². The van der Waals surface area contributed by atoms with Crippen molar-refractivity contribution in [3.8, 4) is 5.75 Å². The number of aromatic nitrogens is 2. The second-order valence-corrected chi connectivity index (χ2v) is 8.01. The molecule has 144 valence electrons. The van der Waals surface area contributed by atoms with Crippen molar-refractivity contribution in [2.24, 2.45) is 0 Å². The van der Waals surface area contributed by atoms with Crippen molar-refractivity contribution >= 4 is 16.9 Å². The number of hydrogen-bond donors (Lipinski definition) is 0. The number of nitrogens with zero attached hydrogens (tertiary/aromatic N) is 3. The molecule has 0 spiro atoms. The van der Waals surface area contributed by atoms with Crippen LogP contribution in [0, 0.1) is 6.92 Å². The number of benzene rings is 2. The van der Waals surface area contributed by atoms with Crippen molar-refractivity contribution in [3.63, 3.8) is 0 Å². The van der Waals surface area contributed by atoms with Crippen LogP contribution in [0.3, 0.4) is 0 Å². The quantitative estimate of drug-likeness (QED) is 0.681. The smallest absolute Gasteiger partial charge is 0.253 e. The number of ether oxygens (including phenoxy) is 1. The zero-order valence-electron chi connectivity index (χ0n) is 16.2. The predicted molar refractivity (Wildman–Crippen MR) is 109 cm³/mol. The van der Waals surface area contributed by atoms with Gasteiger partial charge in [0, 0.05) is 37.5 Å². The molecule has 3 aromatic rings. The van der Waals surface area contributed by atoms with Gasteiger partial charge in [0.15, 0.2) is 0 Å². The van der Waals surface area contributed by atoms with E-state index in [0.717, 1.165) is 48.3 Å². The number of likely N-dealkylation sites (tertiary alicyclic amines) is 1. The van der Waals surface area contributed by atoms with E-state index >= 15 is 0 Å². The van der Waals surface area contributed by atoms with Crippen LogP contribution in [-0.2, 0) is 0 Å². The third-order valence-corrected chi connectivity index (χ3v) is 5.78. The zero-order chi connectivity index (χ0) is 19.1. The molecule has 2 heterocycles. The van der Waals surface area contributed by atoms with Crippen LogP contribution < -0.4 is 4.74 Å². The normalized spacial score (nSPS) is 17.8. The Morgan fingerprint density at radius 2 is 1.89 bits per heavy atom. The monoisotopic (exact) mass is 375 g/mol. The van der Waals surface area contributed by atoms with Gasteiger partial charge in [-0.2, -0.15) is 0 Å². The molecule has 2 fully saturated rings. The van der Waals surface area contributed by atoms with Crippen molar-refractivity contribution in [1.82, 2.24) is 14.5 Å². The molecule has 5 heteroatoms. The molecule has 1 saturated carbocycles. The number of hydrogen-bond acceptors (Lipinski definition) is 3. The van der Waals surface area contributed by atoms with E-state index in [0.29, 0.717) is 6.04 Å². The van der Waals surface area contributed by atoms with Gasteiger partial charge in [0.25, 0.3) is 5.91 Å². The van der Waals surface area contributed by atoms with Crippen molar-refractivity contribution in [1.29, 1.82) is 0 Å². The van der Waals surface area contributed by atoms with Crippen molar-refractivity contribution in [2.75, 3.05) is 13.1 Å². The maximum atomic E-state index is 13.0. The number of rotatable bonds is 4. The molecule has 1 aliphatic carbocycles. The first-order chi connectivity index (χ1) is 13.7. The molecular weight excluding hydrogens is 350 g/mol. The fourth-order valence-electron chi connectivity index (χ4n) is 4.05. The summed E-state index contributed by atoms with van der Waals surface area (Å²) in [7, 11) is 0. The number of amides is 1. The maximum absolute atomic E-state index is 13.0. The molecule has 0 N–H and O–H groups in total. The molecule has 28 heavy (non-hydrogen) atoms. The average molecular weight is 375 g/mol. The summed E-state index contributed by atoms with van der Waals surface area (Å²) in [6, 6.07) is 14.7. The molecule has 1 saturated heterocycles. The molecule has 5 nitrogen and oxygen atoms in total. The highest BCUT2D eigenvalue weighted by atomic mass is 16.5. The Labute approximate surface area is 164 Å². The summed E-state index contributed by atoms with van der Waals surface area (Å²) in [5.41, 5.74) is 3.97. The minimum absolute atomic E-state index is 0.0943. The van der Waals surface area contributed by atoms with E-state index < -0.39 is 0 Å². The van der Waals surface area contributed by atoms with Gasteiger partial charge in [-0.05, 0) is 55.7 Å². The van der Waals surface area contributed by atoms with E-state index in [2.05, 4.69) is 28.6 Å². The van der Waals surface area contributed by atoms with E-state index in [1.807, 2.05) is 41.6 Å². The van der Waals surface area contributed by atoms with Gasteiger partial charge < -0.3 is 14.2 Å². The van der Waals surface area contributed by atoms with Crippen LogP contribution in [0.25, 0.3) is 11.0 Å². The molecule has 1 amide bonds. The highest BCUT2D eigenvalue weighted by Crippen LogP contribution is 2.37. The van der Waals surface area contributed by atoms with Gasteiger partial charge in [-0.15, -0.1) is 0 Å². The highest BCUT2D eigenvalue weighted by molar-refractivity contribution is 5.97. The molecule has 0 bridgehead atoms. The summed E-state index contributed by atoms with van der Waals surface area (Å²) in [4.78, 5) is 19.4. The van der Waals surface area contributed by atoms with Crippen LogP contribution in [0.15, 0.2) is 48.8 Å². The lowest BCUT2D eigenvalue weighted by molar-refractivity contribution is 0.0595. The van der Waals surface area contributed by atoms with Gasteiger partial charge in [0.2, 0.25) is 0 Å². The Balaban J connectivity index is 1.23. The third-order valence-electron chi connectivity index (χ3n) is 5.78. The Kier molecular flexibility index (Phi) is 4.30. The van der Waals surface area contributed by atoms with Crippen molar-refractivity contribution in [3.05, 3.63) is 59.9 Å². The van der Waals surface area contributed by atoms with E-state index in [4.69, 9.17) is 4.74 Å². The summed E-state index contributed by atoms with van der Waals surface area (Å²) < 4.78 is 8.34. The Hall–Kier alpha value is -2.82. The molecule has 2 aliphatic rings. The minimum Gasteiger partial charge on any atom is -0.490 e. The van der Waals surface area contributed by atoms with E-state index in [-0.39, 0.29) is 12.0 Å². The number of piperidine rings is 1. The third kappa shape index (κ3) is 3.37. The first kappa shape index (κ1) is 17.3. The first-order valence-corrected chi connectivity index (χ1v) is 10.2. The Morgan fingerprint density at radius 3 is 2.64 bits per heavy atom. The second-order valence-electron chi connectivity index (χ2n) is 8.01. The molecular formula is C23H25N3O2. The fourth-order valence-corrected chi connectivity index (χ4v) is 4.05. The van der Waals surface area contributed by atoms with Gasteiger partial charge in [-0.3, -0.25) is 4.79 Å². The SMILES string of the molecule is Cc1cccc(OC2CCN(C(=O)c3ccc4c(c3)ncn4C3CC3)CC2)c1. The van der Waals surface area contributed by atoms with Gasteiger partial charge in [-0.25, -0.2) is 4.98 Å². The lowest BCUT2D eigenvalue weighted by Crippen LogP contribution is -2.41. The number of fused-ring (bicyclic) bond motifs is 1. The lowest BCUT2D eigenvalue weighted by atomic mass is 10.1. The summed E-state index contributed by atoms with van der Waals surface area (Å²) in [5.74, 6) is 1.01. The molecule has 0 atom stereocenters. The molecule has 1 aromatic heterocycles. The minimum atomic E-state index is 0.0943. The van der Waals surface area contributed by atoms with E-state index in [1.165, 1.54) is 18.4 Å². The van der Waals surface area contributed by atoms with Crippen LogP contribution in [0.4, 0.5) is 0 Å². The van der Waals surface area contributed by atoms with Crippen LogP contribution in [-0.4, -0.2) is 39.6 Å². The largest absolute Gasteiger partial charge is 0.490 e. The number of carbonyl (C=O) groups excluding carboxylic acids is 1. The van der Waals surface area contributed by atoms with E-state index in [9.17, 15) is 4.79 Å². The van der Waals surface area contributed by atoms with Gasteiger partial charge in [0.1, 0.15) is 11.9 Å². The van der Waals surface area contributed by atoms with Crippen LogP contribution in [0.5, 0.6) is 5.75 Å². The molecule has 2 aromatic carbocycles. The molecule has 5 rings (SSSR count). The number of aryl methyl sites for hydroxylation is 1. The highest BCUT2D eigenvalue weighted by Gasteiger charge is 2.27. The van der Waals surface area contributed by atoms with Crippen LogP contribution in [0.2, 0.25) is 0 Å². The second kappa shape index (κ2) is 6.97. The summed E-state index contributed by atoms with van der Waals surface area (Å²) >= 11 is 0. The van der Waals surface area contributed by atoms with Gasteiger partial charge in [0.05, 0.1) is 17.4 Å². The van der Waals surface area contributed by atoms with Gasteiger partial charge >= 0.3 is 0 Å². The molecule has 0 unspecified atom stereocenters. The number of imidazole rings is 1.